The van der Waals surface area contributed by atoms with Crippen LogP contribution in [-0.4, -0.2) is 60.1 Å². The summed E-state index contributed by atoms with van der Waals surface area (Å²) in [5.41, 5.74) is 0.966. The Kier molecular flexibility index (Phi) is 8.22. The van der Waals surface area contributed by atoms with Crippen LogP contribution in [0, 0.1) is 11.8 Å². The standard InChI is InChI=1S/C25H32N2O5/c1-17(2)14-22(25(30)31)26-24(29)20(16-23(28)27-10-12-32-13-11-27)15-19-8-5-7-18-6-3-4-9-21(18)19/h3-9,17,20,22H,10-16H2,1-2H3,(H,26,29)(H,30,31)/t20?,22-/m0/s1. The predicted molar refractivity (Wildman–Crippen MR) is 122 cm³/mol. The first-order valence-electron chi connectivity index (χ1n) is 11.2. The zero-order chi connectivity index (χ0) is 23.1. The molecule has 7 nitrogen and oxygen atoms in total. The molecule has 0 aromatic heterocycles. The van der Waals surface area contributed by atoms with Crippen molar-refractivity contribution in [1.82, 2.24) is 10.2 Å². The van der Waals surface area contributed by atoms with Crippen LogP contribution in [0.5, 0.6) is 0 Å². The number of rotatable bonds is 9. The van der Waals surface area contributed by atoms with Crippen LogP contribution in [-0.2, 0) is 25.5 Å². The number of ether oxygens (including phenoxy) is 1. The number of nitrogens with one attached hydrogen (secondary N) is 1. The highest BCUT2D eigenvalue weighted by molar-refractivity contribution is 5.90. The van der Waals surface area contributed by atoms with E-state index in [-0.39, 0.29) is 18.2 Å². The molecule has 0 bridgehead atoms. The molecule has 2 aromatic rings. The van der Waals surface area contributed by atoms with E-state index in [1.165, 1.54) is 0 Å². The number of carbonyl (C=O) groups excluding carboxylic acids is 2. The molecular weight excluding hydrogens is 408 g/mol. The number of hydrogen-bond acceptors (Lipinski definition) is 4. The van der Waals surface area contributed by atoms with Crippen molar-refractivity contribution in [2.45, 2.75) is 39.2 Å². The Labute approximate surface area is 188 Å². The molecule has 32 heavy (non-hydrogen) atoms. The lowest BCUT2D eigenvalue weighted by molar-refractivity contribution is -0.144. The molecule has 2 amide bonds. The third-order valence-corrected chi connectivity index (χ3v) is 5.82. The van der Waals surface area contributed by atoms with Crippen LogP contribution in [0.25, 0.3) is 10.8 Å². The molecule has 0 saturated carbocycles. The number of aliphatic carboxylic acids is 1. The third kappa shape index (κ3) is 6.29. The number of carbonyl (C=O) groups is 3. The maximum atomic E-state index is 13.2. The highest BCUT2D eigenvalue weighted by Crippen LogP contribution is 2.23. The Morgan fingerprint density at radius 3 is 2.44 bits per heavy atom. The van der Waals surface area contributed by atoms with E-state index in [9.17, 15) is 19.5 Å². The van der Waals surface area contributed by atoms with Gasteiger partial charge >= 0.3 is 5.97 Å². The molecule has 2 atom stereocenters. The van der Waals surface area contributed by atoms with E-state index < -0.39 is 23.8 Å². The molecule has 1 fully saturated rings. The molecule has 7 heteroatoms. The second-order valence-electron chi connectivity index (χ2n) is 8.77. The quantitative estimate of drug-likeness (QED) is 0.625. The van der Waals surface area contributed by atoms with Crippen LogP contribution < -0.4 is 5.32 Å². The minimum absolute atomic E-state index is 0.0308. The van der Waals surface area contributed by atoms with Gasteiger partial charge in [-0.05, 0) is 35.1 Å². The lowest BCUT2D eigenvalue weighted by Gasteiger charge is -2.29. The van der Waals surface area contributed by atoms with E-state index in [0.717, 1.165) is 16.3 Å². The molecule has 3 rings (SSSR count). The molecule has 1 aliphatic heterocycles. The smallest absolute Gasteiger partial charge is 0.326 e. The first kappa shape index (κ1) is 23.7. The molecule has 0 spiro atoms. The fraction of sp³-hybridized carbons (Fsp3) is 0.480. The fourth-order valence-electron chi connectivity index (χ4n) is 4.13. The monoisotopic (exact) mass is 440 g/mol. The SMILES string of the molecule is CC(C)C[C@H](NC(=O)C(CC(=O)N1CCOCC1)Cc1cccc2ccccc12)C(=O)O. The van der Waals surface area contributed by atoms with Crippen LogP contribution in [0.15, 0.2) is 42.5 Å². The first-order chi connectivity index (χ1) is 15.3. The van der Waals surface area contributed by atoms with Crippen molar-refractivity contribution in [3.05, 3.63) is 48.0 Å². The lowest BCUT2D eigenvalue weighted by atomic mass is 9.91. The zero-order valence-corrected chi connectivity index (χ0v) is 18.8. The summed E-state index contributed by atoms with van der Waals surface area (Å²) in [5.74, 6) is -2.11. The van der Waals surface area contributed by atoms with E-state index in [0.29, 0.717) is 39.1 Å². The highest BCUT2D eigenvalue weighted by Gasteiger charge is 2.30. The topological polar surface area (TPSA) is 95.9 Å². The van der Waals surface area contributed by atoms with Gasteiger partial charge in [0.05, 0.1) is 19.1 Å². The second kappa shape index (κ2) is 11.1. The van der Waals surface area contributed by atoms with Crippen LogP contribution in [0.1, 0.15) is 32.3 Å². The molecule has 0 radical (unpaired) electrons. The third-order valence-electron chi connectivity index (χ3n) is 5.82. The maximum absolute atomic E-state index is 13.2. The summed E-state index contributed by atoms with van der Waals surface area (Å²) in [7, 11) is 0. The number of hydrogen-bond donors (Lipinski definition) is 2. The van der Waals surface area contributed by atoms with Crippen molar-refractivity contribution in [1.29, 1.82) is 0 Å². The van der Waals surface area contributed by atoms with Gasteiger partial charge in [0.2, 0.25) is 11.8 Å². The zero-order valence-electron chi connectivity index (χ0n) is 18.8. The van der Waals surface area contributed by atoms with E-state index in [1.54, 1.807) is 4.90 Å². The Balaban J connectivity index is 1.83. The van der Waals surface area contributed by atoms with E-state index >= 15 is 0 Å². The number of benzene rings is 2. The largest absolute Gasteiger partial charge is 0.480 e. The van der Waals surface area contributed by atoms with Crippen molar-refractivity contribution in [3.63, 3.8) is 0 Å². The van der Waals surface area contributed by atoms with E-state index in [2.05, 4.69) is 5.32 Å². The molecule has 1 heterocycles. The maximum Gasteiger partial charge on any atom is 0.326 e. The summed E-state index contributed by atoms with van der Waals surface area (Å²) in [6.45, 7) is 5.82. The average molecular weight is 441 g/mol. The average Bonchev–Trinajstić information content (AvgIpc) is 2.78. The van der Waals surface area contributed by atoms with Crippen molar-refractivity contribution in [3.8, 4) is 0 Å². The number of carboxylic acids is 1. The molecule has 2 aromatic carbocycles. The molecular formula is C25H32N2O5. The summed E-state index contributed by atoms with van der Waals surface area (Å²) >= 11 is 0. The predicted octanol–water partition coefficient (Wildman–Crippen LogP) is 2.86. The van der Waals surface area contributed by atoms with Gasteiger partial charge in [-0.2, -0.15) is 0 Å². The Morgan fingerprint density at radius 1 is 1.06 bits per heavy atom. The van der Waals surface area contributed by atoms with E-state index in [1.807, 2.05) is 56.3 Å². The summed E-state index contributed by atoms with van der Waals surface area (Å²) in [6.07, 6.45) is 0.722. The molecule has 0 aliphatic carbocycles. The van der Waals surface area contributed by atoms with Crippen molar-refractivity contribution in [2.75, 3.05) is 26.3 Å². The van der Waals surface area contributed by atoms with Crippen molar-refractivity contribution < 1.29 is 24.2 Å². The molecule has 1 unspecified atom stereocenters. The summed E-state index contributed by atoms with van der Waals surface area (Å²) in [4.78, 5) is 39.6. The number of fused-ring (bicyclic) bond motifs is 1. The summed E-state index contributed by atoms with van der Waals surface area (Å²) in [6, 6.07) is 12.9. The van der Waals surface area contributed by atoms with Crippen LogP contribution in [0.2, 0.25) is 0 Å². The number of carboxylic acid groups (broad SMARTS) is 1. The van der Waals surface area contributed by atoms with Gasteiger partial charge in [-0.1, -0.05) is 56.3 Å². The minimum Gasteiger partial charge on any atom is -0.480 e. The fourth-order valence-corrected chi connectivity index (χ4v) is 4.13. The number of nitrogens with zero attached hydrogens (tertiary/aromatic N) is 1. The van der Waals surface area contributed by atoms with Gasteiger partial charge < -0.3 is 20.1 Å². The Bertz CT molecular complexity index is 947. The molecule has 1 saturated heterocycles. The van der Waals surface area contributed by atoms with Crippen LogP contribution in [0.4, 0.5) is 0 Å². The lowest BCUT2D eigenvalue weighted by Crippen LogP contribution is -2.47. The van der Waals surface area contributed by atoms with Gasteiger partial charge in [0.15, 0.2) is 0 Å². The van der Waals surface area contributed by atoms with Crippen molar-refractivity contribution in [2.24, 2.45) is 11.8 Å². The van der Waals surface area contributed by atoms with Gasteiger partial charge in [0, 0.05) is 19.5 Å². The van der Waals surface area contributed by atoms with Gasteiger partial charge in [0.25, 0.3) is 0 Å². The highest BCUT2D eigenvalue weighted by atomic mass is 16.5. The van der Waals surface area contributed by atoms with Crippen LogP contribution >= 0.6 is 0 Å². The first-order valence-corrected chi connectivity index (χ1v) is 11.2. The summed E-state index contributed by atoms with van der Waals surface area (Å²) < 4.78 is 5.32. The Hall–Kier alpha value is -2.93. The Morgan fingerprint density at radius 2 is 1.75 bits per heavy atom. The van der Waals surface area contributed by atoms with E-state index in [4.69, 9.17) is 4.74 Å². The van der Waals surface area contributed by atoms with Gasteiger partial charge in [-0.3, -0.25) is 9.59 Å². The second-order valence-corrected chi connectivity index (χ2v) is 8.77. The molecule has 2 N–H and O–H groups in total. The molecule has 172 valence electrons. The van der Waals surface area contributed by atoms with Crippen molar-refractivity contribution >= 4 is 28.6 Å². The van der Waals surface area contributed by atoms with Gasteiger partial charge in [-0.25, -0.2) is 4.79 Å². The summed E-state index contributed by atoms with van der Waals surface area (Å²) in [5, 5.41) is 14.3. The normalized spacial score (nSPS) is 16.0. The van der Waals surface area contributed by atoms with Crippen LogP contribution in [0.3, 0.4) is 0 Å². The number of amides is 2. The van der Waals surface area contributed by atoms with Gasteiger partial charge in [-0.15, -0.1) is 0 Å². The van der Waals surface area contributed by atoms with Gasteiger partial charge in [0.1, 0.15) is 6.04 Å². The minimum atomic E-state index is -1.06. The molecule has 1 aliphatic rings. The number of morpholine rings is 1.